The third-order valence-electron chi connectivity index (χ3n) is 2.47. The topological polar surface area (TPSA) is 27.7 Å². The Bertz CT molecular complexity index is 418. The van der Waals surface area contributed by atoms with Gasteiger partial charge in [0.05, 0.1) is 27.1 Å². The molecule has 0 spiro atoms. The van der Waals surface area contributed by atoms with E-state index in [1.807, 2.05) is 35.2 Å². The average Bonchev–Trinajstić information content (AvgIpc) is 2.90. The van der Waals surface area contributed by atoms with Crippen LogP contribution in [0.3, 0.4) is 0 Å². The Balaban J connectivity index is 2.54. The minimum atomic E-state index is 0.746. The van der Waals surface area contributed by atoms with Gasteiger partial charge in [-0.1, -0.05) is 11.8 Å². The summed E-state index contributed by atoms with van der Waals surface area (Å²) < 4.78 is 17.4. The van der Waals surface area contributed by atoms with E-state index in [9.17, 15) is 0 Å². The van der Waals surface area contributed by atoms with Crippen LogP contribution in [0, 0.1) is 0 Å². The first-order valence-electron chi connectivity index (χ1n) is 5.23. The molecule has 17 heavy (non-hydrogen) atoms. The zero-order valence-corrected chi connectivity index (χ0v) is 11.7. The Morgan fingerprint density at radius 1 is 1.06 bits per heavy atom. The van der Waals surface area contributed by atoms with Gasteiger partial charge in [-0.3, -0.25) is 0 Å². The first kappa shape index (κ1) is 12.5. The lowest BCUT2D eigenvalue weighted by atomic mass is 10.2. The molecule has 0 N–H and O–H groups in total. The van der Waals surface area contributed by atoms with Crippen molar-refractivity contribution in [2.24, 2.45) is 0 Å². The maximum Gasteiger partial charge on any atom is 0.272 e. The molecule has 2 rings (SSSR count). The largest absolute Gasteiger partial charge is 0.496 e. The number of thioether (sulfide) groups is 1. The van der Waals surface area contributed by atoms with E-state index in [2.05, 4.69) is 0 Å². The number of methoxy groups -OCH3 is 3. The van der Waals surface area contributed by atoms with Gasteiger partial charge >= 0.3 is 0 Å². The number of hydrogen-bond donors (Lipinski definition) is 0. The van der Waals surface area contributed by atoms with Gasteiger partial charge < -0.3 is 14.2 Å². The molecule has 0 amide bonds. The van der Waals surface area contributed by atoms with Crippen molar-refractivity contribution in [1.82, 2.24) is 0 Å². The van der Waals surface area contributed by atoms with Crippen LogP contribution >= 0.6 is 11.8 Å². The Morgan fingerprint density at radius 3 is 2.12 bits per heavy atom. The van der Waals surface area contributed by atoms with Gasteiger partial charge in [0, 0.05) is 12.1 Å². The van der Waals surface area contributed by atoms with Crippen LogP contribution in [0.15, 0.2) is 12.1 Å². The van der Waals surface area contributed by atoms with Crippen molar-refractivity contribution in [3.8, 4) is 17.2 Å². The average molecular weight is 271 g/mol. The normalized spacial score (nSPS) is 14.4. The molecule has 0 radical (unpaired) electrons. The molecular formula is C12H15O3S2+. The van der Waals surface area contributed by atoms with E-state index >= 15 is 0 Å². The van der Waals surface area contributed by atoms with Crippen molar-refractivity contribution in [2.45, 2.75) is 0 Å². The van der Waals surface area contributed by atoms with Crippen LogP contribution in [0.25, 0.3) is 0 Å². The first-order valence-corrected chi connectivity index (χ1v) is 7.20. The fourth-order valence-electron chi connectivity index (χ4n) is 1.66. The smallest absolute Gasteiger partial charge is 0.272 e. The first-order chi connectivity index (χ1) is 8.30. The van der Waals surface area contributed by atoms with Gasteiger partial charge in [0.1, 0.15) is 22.8 Å². The number of hydrogen-bond acceptors (Lipinski definition) is 4. The number of ether oxygens (including phenoxy) is 3. The predicted molar refractivity (Wildman–Crippen MR) is 74.9 cm³/mol. The minimum Gasteiger partial charge on any atom is -0.496 e. The number of benzene rings is 1. The molecule has 0 aliphatic carbocycles. The molecule has 0 saturated carbocycles. The Hall–Kier alpha value is -0.940. The zero-order chi connectivity index (χ0) is 12.3. The molecule has 1 heterocycles. The molecular weight excluding hydrogens is 256 g/mol. The molecule has 1 aliphatic rings. The van der Waals surface area contributed by atoms with Gasteiger partial charge in [0.25, 0.3) is 4.20 Å². The van der Waals surface area contributed by atoms with Crippen molar-refractivity contribution in [1.29, 1.82) is 0 Å². The molecule has 1 aromatic carbocycles. The zero-order valence-electron chi connectivity index (χ0n) is 10.1. The van der Waals surface area contributed by atoms with Crippen LogP contribution in [0.4, 0.5) is 0 Å². The summed E-state index contributed by atoms with van der Waals surface area (Å²) in [6.07, 6.45) is 0. The van der Waals surface area contributed by atoms with Crippen LogP contribution in [-0.2, 0) is 11.4 Å². The molecule has 92 valence electrons. The second-order valence-corrected chi connectivity index (χ2v) is 5.86. The summed E-state index contributed by atoms with van der Waals surface area (Å²) in [4.78, 5) is 0. The summed E-state index contributed by atoms with van der Waals surface area (Å²) in [7, 11) is 4.98. The highest BCUT2D eigenvalue weighted by atomic mass is 32.2. The SMILES string of the molecule is COc1cc(OC)c(C2=[S+]CCS2)c(OC)c1. The summed E-state index contributed by atoms with van der Waals surface area (Å²) in [6.45, 7) is 0. The van der Waals surface area contributed by atoms with E-state index in [0.717, 1.165) is 34.3 Å². The number of rotatable bonds is 4. The standard InChI is InChI=1S/C12H15O3S2/c1-13-8-6-9(14-2)11(10(7-8)15-3)12-16-4-5-17-12/h6-7H,4-5H2,1-3H3/q+1. The Labute approximate surface area is 109 Å². The summed E-state index contributed by atoms with van der Waals surface area (Å²) in [5.74, 6) is 4.63. The fraction of sp³-hybridized carbons (Fsp3) is 0.417. The van der Waals surface area contributed by atoms with E-state index in [1.165, 1.54) is 4.20 Å². The van der Waals surface area contributed by atoms with Crippen LogP contribution in [0.1, 0.15) is 5.56 Å². The van der Waals surface area contributed by atoms with Crippen molar-refractivity contribution in [3.05, 3.63) is 17.7 Å². The molecule has 0 saturated heterocycles. The van der Waals surface area contributed by atoms with Gasteiger partial charge in [-0.2, -0.15) is 0 Å². The molecule has 0 bridgehead atoms. The summed E-state index contributed by atoms with van der Waals surface area (Å²) in [5, 5.41) is 0. The summed E-state index contributed by atoms with van der Waals surface area (Å²) in [5.41, 5.74) is 1.04. The van der Waals surface area contributed by atoms with Crippen LogP contribution in [-0.4, -0.2) is 37.0 Å². The summed E-state index contributed by atoms with van der Waals surface area (Å²) >= 11 is 3.69. The van der Waals surface area contributed by atoms with E-state index in [-0.39, 0.29) is 0 Å². The highest BCUT2D eigenvalue weighted by Gasteiger charge is 2.29. The van der Waals surface area contributed by atoms with E-state index in [0.29, 0.717) is 0 Å². The molecule has 1 aromatic rings. The lowest BCUT2D eigenvalue weighted by Gasteiger charge is -2.12. The highest BCUT2D eigenvalue weighted by molar-refractivity contribution is 8.25. The molecule has 1 aliphatic heterocycles. The van der Waals surface area contributed by atoms with E-state index < -0.39 is 0 Å². The maximum atomic E-state index is 5.44. The Morgan fingerprint density at radius 2 is 1.71 bits per heavy atom. The quantitative estimate of drug-likeness (QED) is 0.618. The van der Waals surface area contributed by atoms with Gasteiger partial charge in [-0.15, -0.1) is 0 Å². The second kappa shape index (κ2) is 5.60. The fourth-order valence-corrected chi connectivity index (χ4v) is 4.22. The molecule has 0 aromatic heterocycles. The third kappa shape index (κ3) is 2.50. The van der Waals surface area contributed by atoms with Gasteiger partial charge in [0.2, 0.25) is 0 Å². The Kier molecular flexibility index (Phi) is 4.12. The third-order valence-corrected chi connectivity index (χ3v) is 5.18. The molecule has 0 atom stereocenters. The van der Waals surface area contributed by atoms with Crippen molar-refractivity contribution >= 4 is 27.3 Å². The monoisotopic (exact) mass is 271 g/mol. The molecule has 0 fully saturated rings. The van der Waals surface area contributed by atoms with Gasteiger partial charge in [-0.25, -0.2) is 0 Å². The minimum absolute atomic E-state index is 0.746. The lowest BCUT2D eigenvalue weighted by Crippen LogP contribution is -2.02. The highest BCUT2D eigenvalue weighted by Crippen LogP contribution is 2.37. The van der Waals surface area contributed by atoms with Crippen LogP contribution in [0.2, 0.25) is 0 Å². The van der Waals surface area contributed by atoms with Crippen molar-refractivity contribution < 1.29 is 14.2 Å². The molecule has 5 heteroatoms. The van der Waals surface area contributed by atoms with Crippen molar-refractivity contribution in [2.75, 3.05) is 32.8 Å². The van der Waals surface area contributed by atoms with Crippen LogP contribution in [0.5, 0.6) is 17.2 Å². The maximum absolute atomic E-state index is 5.44. The van der Waals surface area contributed by atoms with Gasteiger partial charge in [-0.05, 0) is 0 Å². The van der Waals surface area contributed by atoms with E-state index in [4.69, 9.17) is 14.2 Å². The lowest BCUT2D eigenvalue weighted by molar-refractivity contribution is 0.374. The summed E-state index contributed by atoms with van der Waals surface area (Å²) in [6, 6.07) is 3.79. The van der Waals surface area contributed by atoms with E-state index in [1.54, 1.807) is 21.3 Å². The van der Waals surface area contributed by atoms with Gasteiger partial charge in [0.15, 0.2) is 17.1 Å². The molecule has 3 nitrogen and oxygen atoms in total. The van der Waals surface area contributed by atoms with Crippen molar-refractivity contribution in [3.63, 3.8) is 0 Å². The van der Waals surface area contributed by atoms with Crippen LogP contribution < -0.4 is 14.2 Å². The predicted octanol–water partition coefficient (Wildman–Crippen LogP) is 2.02. The molecule has 0 unspecified atom stereocenters. The second-order valence-electron chi connectivity index (χ2n) is 3.39.